The number of carbonyl (C=O) groups is 1. The Balaban J connectivity index is 1.46. The number of amides is 1. The molecular formula is C21H20N6O2S. The number of pyridine rings is 2. The van der Waals surface area contributed by atoms with Crippen LogP contribution < -0.4 is 16.0 Å². The van der Waals surface area contributed by atoms with Gasteiger partial charge in [0.1, 0.15) is 16.2 Å². The van der Waals surface area contributed by atoms with Gasteiger partial charge in [0.05, 0.1) is 18.8 Å². The Morgan fingerprint density at radius 3 is 2.87 bits per heavy atom. The van der Waals surface area contributed by atoms with Crippen LogP contribution in [0.1, 0.15) is 21.6 Å². The van der Waals surface area contributed by atoms with Crippen molar-refractivity contribution in [2.75, 3.05) is 17.7 Å². The van der Waals surface area contributed by atoms with Crippen LogP contribution in [-0.4, -0.2) is 33.0 Å². The van der Waals surface area contributed by atoms with E-state index in [-0.39, 0.29) is 12.5 Å². The lowest BCUT2D eigenvalue weighted by atomic mass is 10.2. The van der Waals surface area contributed by atoms with Crippen molar-refractivity contribution < 1.29 is 9.90 Å². The van der Waals surface area contributed by atoms with E-state index in [9.17, 15) is 9.90 Å². The maximum atomic E-state index is 11.8. The van der Waals surface area contributed by atoms with Gasteiger partial charge in [-0.1, -0.05) is 17.4 Å². The number of carbonyl (C=O) groups excluding carboxylic acids is 1. The third-order valence-corrected chi connectivity index (χ3v) is 5.26. The van der Waals surface area contributed by atoms with Crippen LogP contribution in [0.25, 0.3) is 10.3 Å². The van der Waals surface area contributed by atoms with Crippen LogP contribution in [0.4, 0.5) is 16.6 Å². The highest BCUT2D eigenvalue weighted by molar-refractivity contribution is 7.21. The maximum Gasteiger partial charge on any atom is 0.251 e. The van der Waals surface area contributed by atoms with E-state index >= 15 is 0 Å². The Bertz CT molecular complexity index is 1190. The monoisotopic (exact) mass is 420 g/mol. The number of hydrogen-bond donors (Lipinski definition) is 4. The molecule has 0 fully saturated rings. The summed E-state index contributed by atoms with van der Waals surface area (Å²) in [6, 6.07) is 14.7. The van der Waals surface area contributed by atoms with Crippen molar-refractivity contribution in [3.05, 3.63) is 71.5 Å². The Hall–Kier alpha value is -3.56. The molecule has 4 aromatic rings. The number of benzene rings is 1. The van der Waals surface area contributed by atoms with Gasteiger partial charge in [-0.15, -0.1) is 0 Å². The minimum atomic E-state index is -0.123. The Morgan fingerprint density at radius 2 is 2.03 bits per heavy atom. The van der Waals surface area contributed by atoms with E-state index in [1.807, 2.05) is 24.3 Å². The van der Waals surface area contributed by atoms with E-state index < -0.39 is 0 Å². The van der Waals surface area contributed by atoms with E-state index in [1.54, 1.807) is 37.5 Å². The largest absolute Gasteiger partial charge is 0.392 e. The number of rotatable bonds is 7. The summed E-state index contributed by atoms with van der Waals surface area (Å²) in [5.74, 6) is 0.500. The van der Waals surface area contributed by atoms with E-state index in [0.717, 1.165) is 27.3 Å². The lowest BCUT2D eigenvalue weighted by Crippen LogP contribution is -2.17. The molecule has 9 heteroatoms. The number of anilines is 3. The number of thiazole rings is 1. The second kappa shape index (κ2) is 8.85. The Kier molecular flexibility index (Phi) is 5.82. The zero-order chi connectivity index (χ0) is 20.9. The first kappa shape index (κ1) is 19.7. The normalized spacial score (nSPS) is 10.7. The molecule has 152 valence electrons. The van der Waals surface area contributed by atoms with E-state index in [0.29, 0.717) is 23.1 Å². The van der Waals surface area contributed by atoms with Crippen molar-refractivity contribution in [3.8, 4) is 0 Å². The molecule has 4 N–H and O–H groups in total. The highest BCUT2D eigenvalue weighted by atomic mass is 32.1. The fourth-order valence-electron chi connectivity index (χ4n) is 2.87. The van der Waals surface area contributed by atoms with Crippen molar-refractivity contribution in [1.29, 1.82) is 0 Å². The minimum Gasteiger partial charge on any atom is -0.392 e. The molecule has 4 rings (SSSR count). The third kappa shape index (κ3) is 4.53. The number of nitrogens with one attached hydrogen (secondary N) is 3. The molecule has 0 saturated heterocycles. The SMILES string of the molecule is CNC(=O)c1cccc(NCc2ccc3nc(Nc4cc(CO)ccn4)sc3n2)c1. The molecule has 1 aromatic carbocycles. The fourth-order valence-corrected chi connectivity index (χ4v) is 3.73. The summed E-state index contributed by atoms with van der Waals surface area (Å²) in [4.78, 5) is 26.0. The van der Waals surface area contributed by atoms with E-state index in [2.05, 4.69) is 30.9 Å². The van der Waals surface area contributed by atoms with Gasteiger partial charge < -0.3 is 21.1 Å². The molecular weight excluding hydrogens is 400 g/mol. The summed E-state index contributed by atoms with van der Waals surface area (Å²) in [5.41, 5.74) is 3.89. The molecule has 0 spiro atoms. The number of aliphatic hydroxyl groups is 1. The predicted molar refractivity (Wildman–Crippen MR) is 118 cm³/mol. The molecule has 3 aromatic heterocycles. The molecule has 1 amide bonds. The zero-order valence-corrected chi connectivity index (χ0v) is 17.0. The number of aromatic nitrogens is 3. The van der Waals surface area contributed by atoms with Crippen molar-refractivity contribution in [2.45, 2.75) is 13.2 Å². The molecule has 0 unspecified atom stereocenters. The molecule has 30 heavy (non-hydrogen) atoms. The molecule has 0 atom stereocenters. The first-order valence-electron chi connectivity index (χ1n) is 9.30. The summed E-state index contributed by atoms with van der Waals surface area (Å²) >= 11 is 1.43. The van der Waals surface area contributed by atoms with Crippen LogP contribution in [0, 0.1) is 0 Å². The van der Waals surface area contributed by atoms with Gasteiger partial charge in [0.2, 0.25) is 0 Å². The average Bonchev–Trinajstić information content (AvgIpc) is 3.18. The Labute approximate surface area is 177 Å². The second-order valence-electron chi connectivity index (χ2n) is 6.49. The standard InChI is InChI=1S/C21H20N6O2S/c1-22-19(29)14-3-2-4-15(10-14)24-11-16-5-6-17-20(25-16)30-21(26-17)27-18-9-13(12-28)7-8-23-18/h2-10,24,28H,11-12H2,1H3,(H,22,29)(H,23,26,27). The minimum absolute atomic E-state index is 0.0407. The summed E-state index contributed by atoms with van der Waals surface area (Å²) in [5, 5.41) is 19.0. The van der Waals surface area contributed by atoms with Gasteiger partial charge in [0.15, 0.2) is 5.13 Å². The summed E-state index contributed by atoms with van der Waals surface area (Å²) in [6.07, 6.45) is 1.64. The van der Waals surface area contributed by atoms with Crippen molar-refractivity contribution in [1.82, 2.24) is 20.3 Å². The molecule has 0 aliphatic carbocycles. The van der Waals surface area contributed by atoms with Gasteiger partial charge in [-0.3, -0.25) is 4.79 Å². The van der Waals surface area contributed by atoms with Crippen molar-refractivity contribution in [3.63, 3.8) is 0 Å². The lowest BCUT2D eigenvalue weighted by Gasteiger charge is -2.07. The first-order valence-corrected chi connectivity index (χ1v) is 10.1. The summed E-state index contributed by atoms with van der Waals surface area (Å²) < 4.78 is 0. The lowest BCUT2D eigenvalue weighted by molar-refractivity contribution is 0.0963. The second-order valence-corrected chi connectivity index (χ2v) is 7.47. The summed E-state index contributed by atoms with van der Waals surface area (Å²) in [6.45, 7) is 0.481. The van der Waals surface area contributed by atoms with Gasteiger partial charge in [-0.25, -0.2) is 15.0 Å². The van der Waals surface area contributed by atoms with Crippen LogP contribution in [0.2, 0.25) is 0 Å². The fraction of sp³-hybridized carbons (Fsp3) is 0.143. The number of aliphatic hydroxyl groups excluding tert-OH is 1. The first-order chi connectivity index (χ1) is 14.6. The van der Waals surface area contributed by atoms with E-state index in [1.165, 1.54) is 11.3 Å². The van der Waals surface area contributed by atoms with Gasteiger partial charge in [-0.05, 0) is 48.0 Å². The molecule has 0 aliphatic rings. The van der Waals surface area contributed by atoms with Crippen LogP contribution in [0.15, 0.2) is 54.7 Å². The van der Waals surface area contributed by atoms with E-state index in [4.69, 9.17) is 0 Å². The molecule has 0 bridgehead atoms. The van der Waals surface area contributed by atoms with Crippen LogP contribution in [-0.2, 0) is 13.2 Å². The molecule has 8 nitrogen and oxygen atoms in total. The predicted octanol–water partition coefficient (Wildman–Crippen LogP) is 3.29. The number of nitrogens with zero attached hydrogens (tertiary/aromatic N) is 3. The maximum absolute atomic E-state index is 11.8. The smallest absolute Gasteiger partial charge is 0.251 e. The number of hydrogen-bond acceptors (Lipinski definition) is 8. The van der Waals surface area contributed by atoms with Crippen LogP contribution in [0.5, 0.6) is 0 Å². The van der Waals surface area contributed by atoms with Crippen molar-refractivity contribution in [2.24, 2.45) is 0 Å². The zero-order valence-electron chi connectivity index (χ0n) is 16.2. The molecule has 0 saturated carbocycles. The molecule has 0 aliphatic heterocycles. The van der Waals surface area contributed by atoms with Crippen molar-refractivity contribution >= 4 is 44.2 Å². The molecule has 0 radical (unpaired) electrons. The van der Waals surface area contributed by atoms with Gasteiger partial charge >= 0.3 is 0 Å². The van der Waals surface area contributed by atoms with Crippen LogP contribution >= 0.6 is 11.3 Å². The van der Waals surface area contributed by atoms with Crippen LogP contribution in [0.3, 0.4) is 0 Å². The quantitative estimate of drug-likeness (QED) is 0.363. The highest BCUT2D eigenvalue weighted by Crippen LogP contribution is 2.27. The van der Waals surface area contributed by atoms with Gasteiger partial charge in [0.25, 0.3) is 5.91 Å². The third-order valence-electron chi connectivity index (χ3n) is 4.38. The summed E-state index contributed by atoms with van der Waals surface area (Å²) in [7, 11) is 1.61. The Morgan fingerprint density at radius 1 is 1.13 bits per heavy atom. The molecule has 3 heterocycles. The highest BCUT2D eigenvalue weighted by Gasteiger charge is 2.08. The number of fused-ring (bicyclic) bond motifs is 1. The van der Waals surface area contributed by atoms with Gasteiger partial charge in [-0.2, -0.15) is 0 Å². The topological polar surface area (TPSA) is 112 Å². The average molecular weight is 420 g/mol. The van der Waals surface area contributed by atoms with Gasteiger partial charge in [0, 0.05) is 24.5 Å².